The Morgan fingerprint density at radius 1 is 1.12 bits per heavy atom. The molecule has 1 aromatic rings. The van der Waals surface area contributed by atoms with Crippen LogP contribution in [0.2, 0.25) is 5.54 Å². The molecule has 1 rings (SSSR count). The lowest BCUT2D eigenvalue weighted by Crippen LogP contribution is -2.31. The molecule has 1 N–H and O–H groups in total. The summed E-state index contributed by atoms with van der Waals surface area (Å²) in [6, 6.07) is 10.2. The summed E-state index contributed by atoms with van der Waals surface area (Å²) in [5, 5.41) is 3.42. The molecule has 0 radical (unpaired) electrons. The van der Waals surface area contributed by atoms with Crippen molar-refractivity contribution in [2.75, 3.05) is 25.1 Å². The lowest BCUT2D eigenvalue weighted by atomic mass is 10.3. The summed E-state index contributed by atoms with van der Waals surface area (Å²) in [6.45, 7) is 8.63. The molecule has 0 fully saturated rings. The first kappa shape index (κ1) is 14.2. The highest BCUT2D eigenvalue weighted by Gasteiger charge is 2.21. The van der Waals surface area contributed by atoms with Gasteiger partial charge in [0.15, 0.2) is 0 Å². The standard InChI is InChI=1S/C13H23NO2Si/c1-4-15-17(16-5-2)12(3)11-14-13-9-7-6-8-10-13/h6-10,12,14,17H,4-5,11H2,1-3H3. The van der Waals surface area contributed by atoms with Crippen LogP contribution in [0.3, 0.4) is 0 Å². The van der Waals surface area contributed by atoms with Crippen LogP contribution in [0.4, 0.5) is 5.69 Å². The van der Waals surface area contributed by atoms with Gasteiger partial charge in [-0.1, -0.05) is 25.1 Å². The van der Waals surface area contributed by atoms with E-state index >= 15 is 0 Å². The Labute approximate surface area is 106 Å². The fourth-order valence-electron chi connectivity index (χ4n) is 1.64. The fourth-order valence-corrected chi connectivity index (χ4v) is 3.36. The summed E-state index contributed by atoms with van der Waals surface area (Å²) in [5.74, 6) is 0. The van der Waals surface area contributed by atoms with E-state index in [1.54, 1.807) is 0 Å². The van der Waals surface area contributed by atoms with Crippen molar-refractivity contribution in [2.45, 2.75) is 26.3 Å². The molecule has 0 amide bonds. The second-order valence-electron chi connectivity index (χ2n) is 4.00. The van der Waals surface area contributed by atoms with Crippen molar-refractivity contribution in [3.05, 3.63) is 30.3 Å². The molecule has 4 heteroatoms. The van der Waals surface area contributed by atoms with Gasteiger partial charge in [-0.3, -0.25) is 0 Å². The molecular weight excluding hydrogens is 230 g/mol. The van der Waals surface area contributed by atoms with Crippen LogP contribution in [0, 0.1) is 0 Å². The molecule has 3 nitrogen and oxygen atoms in total. The van der Waals surface area contributed by atoms with Gasteiger partial charge < -0.3 is 14.2 Å². The molecule has 0 aromatic heterocycles. The summed E-state index contributed by atoms with van der Waals surface area (Å²) in [4.78, 5) is 0. The number of nitrogens with one attached hydrogen (secondary N) is 1. The minimum Gasteiger partial charge on any atom is -0.397 e. The molecule has 96 valence electrons. The minimum atomic E-state index is -1.53. The van der Waals surface area contributed by atoms with E-state index in [-0.39, 0.29) is 0 Å². The van der Waals surface area contributed by atoms with E-state index in [1.807, 2.05) is 32.0 Å². The van der Waals surface area contributed by atoms with Crippen LogP contribution in [0.15, 0.2) is 30.3 Å². The van der Waals surface area contributed by atoms with Crippen LogP contribution in [0.1, 0.15) is 20.8 Å². The molecule has 1 atom stereocenters. The van der Waals surface area contributed by atoms with Crippen LogP contribution < -0.4 is 5.32 Å². The van der Waals surface area contributed by atoms with Crippen molar-refractivity contribution in [3.63, 3.8) is 0 Å². The highest BCUT2D eigenvalue weighted by Crippen LogP contribution is 2.14. The Kier molecular flexibility index (Phi) is 6.92. The summed E-state index contributed by atoms with van der Waals surface area (Å²) < 4.78 is 11.4. The topological polar surface area (TPSA) is 30.5 Å². The highest BCUT2D eigenvalue weighted by molar-refractivity contribution is 6.46. The molecule has 0 spiro atoms. The van der Waals surface area contributed by atoms with Crippen molar-refractivity contribution in [1.82, 2.24) is 0 Å². The lowest BCUT2D eigenvalue weighted by Gasteiger charge is -2.22. The zero-order chi connectivity index (χ0) is 12.5. The fraction of sp³-hybridized carbons (Fsp3) is 0.538. The average molecular weight is 253 g/mol. The summed E-state index contributed by atoms with van der Waals surface area (Å²) in [7, 11) is -1.53. The maximum atomic E-state index is 5.71. The van der Waals surface area contributed by atoms with E-state index in [1.165, 1.54) is 0 Å². The van der Waals surface area contributed by atoms with E-state index in [0.717, 1.165) is 25.4 Å². The van der Waals surface area contributed by atoms with E-state index in [2.05, 4.69) is 24.4 Å². The summed E-state index contributed by atoms with van der Waals surface area (Å²) >= 11 is 0. The van der Waals surface area contributed by atoms with E-state index in [4.69, 9.17) is 8.85 Å². The van der Waals surface area contributed by atoms with Gasteiger partial charge in [0.1, 0.15) is 0 Å². The molecule has 0 aliphatic carbocycles. The number of para-hydroxylation sites is 1. The number of rotatable bonds is 8. The first-order valence-electron chi connectivity index (χ1n) is 6.30. The third-order valence-corrected chi connectivity index (χ3v) is 5.02. The Morgan fingerprint density at radius 3 is 2.24 bits per heavy atom. The second kappa shape index (κ2) is 8.28. The molecular formula is C13H23NO2Si. The Balaban J connectivity index is 2.38. The number of hydrogen-bond acceptors (Lipinski definition) is 3. The molecule has 1 unspecified atom stereocenters. The first-order valence-corrected chi connectivity index (χ1v) is 7.91. The van der Waals surface area contributed by atoms with Gasteiger partial charge in [-0.2, -0.15) is 0 Å². The number of hydrogen-bond donors (Lipinski definition) is 1. The Hall–Kier alpha value is -0.843. The van der Waals surface area contributed by atoms with Gasteiger partial charge in [-0.05, 0) is 26.0 Å². The molecule has 0 aliphatic rings. The van der Waals surface area contributed by atoms with Crippen molar-refractivity contribution < 1.29 is 8.85 Å². The normalized spacial score (nSPS) is 12.7. The largest absolute Gasteiger partial charge is 0.397 e. The number of benzene rings is 1. The lowest BCUT2D eigenvalue weighted by molar-refractivity contribution is 0.206. The third kappa shape index (κ3) is 5.34. The van der Waals surface area contributed by atoms with Gasteiger partial charge in [0.25, 0.3) is 0 Å². The van der Waals surface area contributed by atoms with Crippen molar-refractivity contribution in [2.24, 2.45) is 0 Å². The maximum Gasteiger partial charge on any atom is 0.326 e. The average Bonchev–Trinajstić information content (AvgIpc) is 2.37. The monoisotopic (exact) mass is 253 g/mol. The van der Waals surface area contributed by atoms with Crippen LogP contribution in [0.25, 0.3) is 0 Å². The minimum absolute atomic E-state index is 0.454. The predicted molar refractivity (Wildman–Crippen MR) is 74.8 cm³/mol. The van der Waals surface area contributed by atoms with Crippen LogP contribution in [-0.2, 0) is 8.85 Å². The van der Waals surface area contributed by atoms with Gasteiger partial charge in [0, 0.05) is 31.0 Å². The Bertz CT molecular complexity index is 289. The number of anilines is 1. The quantitative estimate of drug-likeness (QED) is 0.723. The van der Waals surface area contributed by atoms with Crippen molar-refractivity contribution in [1.29, 1.82) is 0 Å². The highest BCUT2D eigenvalue weighted by atomic mass is 28.3. The van der Waals surface area contributed by atoms with Gasteiger partial charge in [0.05, 0.1) is 0 Å². The van der Waals surface area contributed by atoms with Crippen LogP contribution >= 0.6 is 0 Å². The van der Waals surface area contributed by atoms with Gasteiger partial charge in [-0.25, -0.2) is 0 Å². The predicted octanol–water partition coefficient (Wildman–Crippen LogP) is 2.78. The van der Waals surface area contributed by atoms with E-state index in [0.29, 0.717) is 5.54 Å². The molecule has 0 aliphatic heterocycles. The molecule has 17 heavy (non-hydrogen) atoms. The van der Waals surface area contributed by atoms with E-state index < -0.39 is 9.28 Å². The molecule has 1 aromatic carbocycles. The second-order valence-corrected chi connectivity index (χ2v) is 6.54. The first-order chi connectivity index (χ1) is 8.27. The van der Waals surface area contributed by atoms with Crippen molar-refractivity contribution in [3.8, 4) is 0 Å². The van der Waals surface area contributed by atoms with Crippen molar-refractivity contribution >= 4 is 15.0 Å². The van der Waals surface area contributed by atoms with Gasteiger partial charge >= 0.3 is 9.28 Å². The van der Waals surface area contributed by atoms with Crippen LogP contribution in [-0.4, -0.2) is 29.0 Å². The van der Waals surface area contributed by atoms with E-state index in [9.17, 15) is 0 Å². The third-order valence-electron chi connectivity index (χ3n) is 2.53. The Morgan fingerprint density at radius 2 is 1.71 bits per heavy atom. The summed E-state index contributed by atoms with van der Waals surface area (Å²) in [5.41, 5.74) is 1.61. The SMILES string of the molecule is CCO[SiH](OCC)C(C)CNc1ccccc1. The van der Waals surface area contributed by atoms with Gasteiger partial charge in [0.2, 0.25) is 0 Å². The van der Waals surface area contributed by atoms with Crippen LogP contribution in [0.5, 0.6) is 0 Å². The zero-order valence-electron chi connectivity index (χ0n) is 11.0. The molecule has 0 saturated carbocycles. The van der Waals surface area contributed by atoms with Gasteiger partial charge in [-0.15, -0.1) is 0 Å². The molecule has 0 heterocycles. The maximum absolute atomic E-state index is 5.71. The molecule has 0 bridgehead atoms. The zero-order valence-corrected chi connectivity index (χ0v) is 12.1. The summed E-state index contributed by atoms with van der Waals surface area (Å²) in [6.07, 6.45) is 0. The smallest absolute Gasteiger partial charge is 0.326 e. The molecule has 0 saturated heterocycles.